The first-order valence-electron chi connectivity index (χ1n) is 25.4. The minimum Gasteiger partial charge on any atom is -0.452 e. The lowest BCUT2D eigenvalue weighted by Crippen LogP contribution is -2.25. The van der Waals surface area contributed by atoms with Gasteiger partial charge in [-0.3, -0.25) is 0 Å². The Morgan fingerprint density at radius 3 is 1.23 bits per heavy atom. The van der Waals surface area contributed by atoms with E-state index in [1.54, 1.807) is 0 Å². The summed E-state index contributed by atoms with van der Waals surface area (Å²) < 4.78 is 7.08. The van der Waals surface area contributed by atoms with E-state index in [-0.39, 0.29) is 0 Å². The van der Waals surface area contributed by atoms with Crippen LogP contribution in [0.4, 0.5) is 0 Å². The van der Waals surface area contributed by atoms with E-state index in [2.05, 4.69) is 267 Å². The van der Waals surface area contributed by atoms with Crippen LogP contribution in [0.5, 0.6) is 0 Å². The average molecular weight is 941 g/mol. The maximum absolute atomic E-state index is 7.08. The summed E-state index contributed by atoms with van der Waals surface area (Å²) in [6.07, 6.45) is 0. The number of benzene rings is 11. The highest BCUT2D eigenvalue weighted by Gasteiger charge is 2.52. The molecule has 0 fully saturated rings. The summed E-state index contributed by atoms with van der Waals surface area (Å²) in [4.78, 5) is 11.2. The monoisotopic (exact) mass is 940 g/mol. The Balaban J connectivity index is 0.992. The van der Waals surface area contributed by atoms with Crippen LogP contribution in [0, 0.1) is 0 Å². The van der Waals surface area contributed by atoms with Gasteiger partial charge in [-0.05, 0) is 149 Å². The third-order valence-electron chi connectivity index (χ3n) is 15.5. The van der Waals surface area contributed by atoms with Crippen LogP contribution in [0.1, 0.15) is 22.3 Å². The second-order valence-corrected chi connectivity index (χ2v) is 19.6. The zero-order valence-electron chi connectivity index (χ0n) is 40.2. The van der Waals surface area contributed by atoms with Crippen LogP contribution < -0.4 is 0 Å². The highest BCUT2D eigenvalue weighted by molar-refractivity contribution is 6.10. The smallest absolute Gasteiger partial charge is 0.180 e. The molecule has 3 heteroatoms. The molecule has 2 aliphatic carbocycles. The predicted octanol–water partition coefficient (Wildman–Crippen LogP) is 18.4. The van der Waals surface area contributed by atoms with E-state index in [1.165, 1.54) is 50.1 Å². The van der Waals surface area contributed by atoms with Crippen molar-refractivity contribution in [3.63, 3.8) is 0 Å². The molecule has 0 radical (unpaired) electrons. The van der Waals surface area contributed by atoms with E-state index in [9.17, 15) is 0 Å². The van der Waals surface area contributed by atoms with E-state index in [0.717, 1.165) is 83.4 Å². The lowest BCUT2D eigenvalue weighted by atomic mass is 9.70. The van der Waals surface area contributed by atoms with Crippen LogP contribution in [-0.2, 0) is 5.41 Å². The van der Waals surface area contributed by atoms with Crippen molar-refractivity contribution >= 4 is 22.1 Å². The number of hydrogen-bond acceptors (Lipinski definition) is 3. The number of aromatic nitrogens is 2. The standard InChI is InChI=1S/C71H44N2O/c1-5-20-45(21-6-1)50-38-51(46-22-7-2-8-23-46)41-54(40-50)67-69-68(73-70(72-67)55-42-52(47-24-9-3-10-25-47)39-53(43-55)48-26-11-4-12-27-48)60-44-49(36-37-65(60)74-69)56-31-19-35-64-66(56)59-30-15-18-34-63(59)71(64)61-32-16-13-28-57(61)58-29-14-17-33-62(58)71/h1-44H. The maximum atomic E-state index is 7.08. The molecule has 3 nitrogen and oxygen atoms in total. The van der Waals surface area contributed by atoms with Gasteiger partial charge in [-0.1, -0.05) is 218 Å². The van der Waals surface area contributed by atoms with Gasteiger partial charge < -0.3 is 4.42 Å². The van der Waals surface area contributed by atoms with Gasteiger partial charge in [0.15, 0.2) is 11.4 Å². The van der Waals surface area contributed by atoms with Gasteiger partial charge in [-0.15, -0.1) is 0 Å². The normalized spacial score (nSPS) is 12.7. The first-order chi connectivity index (χ1) is 36.7. The number of rotatable bonds is 7. The molecule has 0 saturated heterocycles. The Labute approximate surface area is 429 Å². The molecular weight excluding hydrogens is 897 g/mol. The van der Waals surface area contributed by atoms with Crippen molar-refractivity contribution in [2.75, 3.05) is 0 Å². The van der Waals surface area contributed by atoms with Gasteiger partial charge in [0.1, 0.15) is 16.8 Å². The van der Waals surface area contributed by atoms with Crippen molar-refractivity contribution in [3.05, 3.63) is 289 Å². The van der Waals surface area contributed by atoms with Crippen molar-refractivity contribution < 1.29 is 4.42 Å². The van der Waals surface area contributed by atoms with E-state index >= 15 is 0 Å². The number of nitrogens with zero attached hydrogens (tertiary/aromatic N) is 2. The molecule has 13 aromatic rings. The van der Waals surface area contributed by atoms with Gasteiger partial charge in [0, 0.05) is 16.5 Å². The minimum absolute atomic E-state index is 0.446. The quantitative estimate of drug-likeness (QED) is 0.160. The van der Waals surface area contributed by atoms with E-state index in [0.29, 0.717) is 11.4 Å². The Kier molecular flexibility index (Phi) is 9.48. The SMILES string of the molecule is c1ccc(-c2cc(-c3ccccc3)cc(-c3nc(-c4cc(-c5ccccc5)cc(-c5ccccc5)c4)c4oc5ccc(-c6cccc7c6-c6ccccc6C76c7ccccc7-c7ccccc76)cc5c4n3)c2)cc1. The molecule has 0 amide bonds. The predicted molar refractivity (Wildman–Crippen MR) is 304 cm³/mol. The van der Waals surface area contributed by atoms with Gasteiger partial charge in [0.25, 0.3) is 0 Å². The van der Waals surface area contributed by atoms with Crippen LogP contribution in [0.3, 0.4) is 0 Å². The number of hydrogen-bond donors (Lipinski definition) is 0. The third-order valence-corrected chi connectivity index (χ3v) is 15.5. The number of fused-ring (bicyclic) bond motifs is 13. The van der Waals surface area contributed by atoms with Crippen molar-refractivity contribution in [2.45, 2.75) is 5.41 Å². The molecule has 2 heterocycles. The Morgan fingerprint density at radius 1 is 0.284 bits per heavy atom. The highest BCUT2D eigenvalue weighted by atomic mass is 16.3. The largest absolute Gasteiger partial charge is 0.452 e. The maximum Gasteiger partial charge on any atom is 0.180 e. The molecule has 344 valence electrons. The Hall–Kier alpha value is -9.70. The van der Waals surface area contributed by atoms with Gasteiger partial charge in [0.05, 0.1) is 5.41 Å². The van der Waals surface area contributed by atoms with Crippen LogP contribution in [-0.4, -0.2) is 9.97 Å². The molecule has 11 aromatic carbocycles. The van der Waals surface area contributed by atoms with Crippen LogP contribution in [0.2, 0.25) is 0 Å². The molecule has 0 N–H and O–H groups in total. The Bertz CT molecular complexity index is 4190. The molecule has 0 bridgehead atoms. The van der Waals surface area contributed by atoms with Gasteiger partial charge in [-0.25, -0.2) is 9.97 Å². The first kappa shape index (κ1) is 42.0. The van der Waals surface area contributed by atoms with Crippen LogP contribution >= 0.6 is 0 Å². The summed E-state index contributed by atoms with van der Waals surface area (Å²) in [6.45, 7) is 0. The van der Waals surface area contributed by atoms with Gasteiger partial charge in [-0.2, -0.15) is 0 Å². The summed E-state index contributed by atoms with van der Waals surface area (Å²) >= 11 is 0. The second-order valence-electron chi connectivity index (χ2n) is 19.6. The molecule has 1 spiro atoms. The zero-order chi connectivity index (χ0) is 48.7. The van der Waals surface area contributed by atoms with Gasteiger partial charge >= 0.3 is 0 Å². The summed E-state index contributed by atoms with van der Waals surface area (Å²) in [5, 5.41) is 0.933. The fourth-order valence-corrected chi connectivity index (χ4v) is 12.2. The lowest BCUT2D eigenvalue weighted by Gasteiger charge is -2.30. The molecule has 0 atom stereocenters. The fraction of sp³-hybridized carbons (Fsp3) is 0.0141. The van der Waals surface area contributed by atoms with Crippen molar-refractivity contribution in [1.29, 1.82) is 0 Å². The molecule has 15 rings (SSSR count). The van der Waals surface area contributed by atoms with Gasteiger partial charge in [0.2, 0.25) is 0 Å². The Morgan fingerprint density at radius 2 is 0.703 bits per heavy atom. The molecule has 2 aliphatic rings. The van der Waals surface area contributed by atoms with Crippen LogP contribution in [0.25, 0.3) is 123 Å². The molecule has 74 heavy (non-hydrogen) atoms. The molecular formula is C71H44N2O. The minimum atomic E-state index is -0.446. The van der Waals surface area contributed by atoms with Crippen molar-refractivity contribution in [1.82, 2.24) is 9.97 Å². The van der Waals surface area contributed by atoms with E-state index in [4.69, 9.17) is 14.4 Å². The lowest BCUT2D eigenvalue weighted by molar-refractivity contribution is 0.667. The summed E-state index contributed by atoms with van der Waals surface area (Å²) in [5.74, 6) is 0.622. The first-order valence-corrected chi connectivity index (χ1v) is 25.4. The summed E-state index contributed by atoms with van der Waals surface area (Å²) in [7, 11) is 0. The van der Waals surface area contributed by atoms with E-state index in [1.807, 2.05) is 0 Å². The zero-order valence-corrected chi connectivity index (χ0v) is 40.2. The third kappa shape index (κ3) is 6.46. The molecule has 0 unspecified atom stereocenters. The summed E-state index contributed by atoms with van der Waals surface area (Å²) in [6, 6.07) is 96.4. The summed E-state index contributed by atoms with van der Waals surface area (Å²) in [5.41, 5.74) is 25.8. The average Bonchev–Trinajstić information content (AvgIpc) is 4.14. The molecule has 2 aromatic heterocycles. The second kappa shape index (κ2) is 16.7. The fourth-order valence-electron chi connectivity index (χ4n) is 12.2. The molecule has 0 saturated carbocycles. The topological polar surface area (TPSA) is 38.9 Å². The van der Waals surface area contributed by atoms with Crippen molar-refractivity contribution in [2.24, 2.45) is 0 Å². The van der Waals surface area contributed by atoms with Crippen molar-refractivity contribution in [3.8, 4) is 101 Å². The molecule has 0 aliphatic heterocycles. The number of furan rings is 1. The highest BCUT2D eigenvalue weighted by Crippen LogP contribution is 2.64. The van der Waals surface area contributed by atoms with Crippen LogP contribution in [0.15, 0.2) is 271 Å². The van der Waals surface area contributed by atoms with E-state index < -0.39 is 5.41 Å².